The van der Waals surface area contributed by atoms with Gasteiger partial charge in [0.25, 0.3) is 5.91 Å². The zero-order valence-corrected chi connectivity index (χ0v) is 12.5. The van der Waals surface area contributed by atoms with Crippen LogP contribution in [0.3, 0.4) is 0 Å². The molecule has 0 bridgehead atoms. The van der Waals surface area contributed by atoms with Crippen molar-refractivity contribution < 1.29 is 13.9 Å². The van der Waals surface area contributed by atoms with Gasteiger partial charge in [-0.1, -0.05) is 0 Å². The van der Waals surface area contributed by atoms with Gasteiger partial charge in [0.2, 0.25) is 0 Å². The lowest BCUT2D eigenvalue weighted by Crippen LogP contribution is -2.41. The maximum atomic E-state index is 12.1. The van der Waals surface area contributed by atoms with E-state index < -0.39 is 5.76 Å². The second-order valence-electron chi connectivity index (χ2n) is 5.32. The zero-order valence-electron chi connectivity index (χ0n) is 12.5. The molecule has 0 unspecified atom stereocenters. The van der Waals surface area contributed by atoms with Crippen LogP contribution >= 0.6 is 0 Å². The molecule has 0 radical (unpaired) electrons. The van der Waals surface area contributed by atoms with E-state index in [-0.39, 0.29) is 5.91 Å². The van der Waals surface area contributed by atoms with Gasteiger partial charge in [-0.2, -0.15) is 0 Å². The van der Waals surface area contributed by atoms with Gasteiger partial charge in [-0.15, -0.1) is 0 Å². The second-order valence-corrected chi connectivity index (χ2v) is 5.32. The predicted molar refractivity (Wildman–Crippen MR) is 81.0 cm³/mol. The number of carbonyl (C=O) groups excluding carboxylic acids is 1. The van der Waals surface area contributed by atoms with Crippen LogP contribution in [0.4, 0.5) is 0 Å². The molecule has 2 heterocycles. The Hall–Kier alpha value is -2.12. The lowest BCUT2D eigenvalue weighted by molar-refractivity contribution is 0.0383. The quantitative estimate of drug-likeness (QED) is 0.873. The van der Waals surface area contributed by atoms with Crippen LogP contribution in [0, 0.1) is 0 Å². The first-order valence-electron chi connectivity index (χ1n) is 7.33. The monoisotopic (exact) mass is 305 g/mol. The number of benzene rings is 1. The molecule has 22 heavy (non-hydrogen) atoms. The Bertz CT molecular complexity index is 728. The van der Waals surface area contributed by atoms with Crippen molar-refractivity contribution >= 4 is 17.0 Å². The summed E-state index contributed by atoms with van der Waals surface area (Å²) in [6, 6.07) is 5.01. The van der Waals surface area contributed by atoms with E-state index in [0.717, 1.165) is 32.8 Å². The number of nitrogens with one attached hydrogen (secondary N) is 1. The molecule has 2 aromatic rings. The van der Waals surface area contributed by atoms with Crippen molar-refractivity contribution in [2.24, 2.45) is 7.05 Å². The highest BCUT2D eigenvalue weighted by Crippen LogP contribution is 2.14. The third kappa shape index (κ3) is 3.05. The van der Waals surface area contributed by atoms with Crippen molar-refractivity contribution in [1.29, 1.82) is 0 Å². The fourth-order valence-corrected chi connectivity index (χ4v) is 2.53. The summed E-state index contributed by atoms with van der Waals surface area (Å²) < 4.78 is 11.8. The molecule has 1 fully saturated rings. The highest BCUT2D eigenvalue weighted by atomic mass is 16.5. The summed E-state index contributed by atoms with van der Waals surface area (Å²) in [6.07, 6.45) is 0. The topological polar surface area (TPSA) is 76.7 Å². The molecule has 1 aliphatic rings. The van der Waals surface area contributed by atoms with E-state index in [4.69, 9.17) is 9.15 Å². The third-order valence-corrected chi connectivity index (χ3v) is 3.87. The number of hydrogen-bond acceptors (Lipinski definition) is 5. The van der Waals surface area contributed by atoms with Crippen LogP contribution in [-0.4, -0.2) is 54.8 Å². The van der Waals surface area contributed by atoms with E-state index in [1.165, 1.54) is 4.57 Å². The molecule has 1 amide bonds. The number of hydrogen-bond donors (Lipinski definition) is 1. The Balaban J connectivity index is 1.61. The van der Waals surface area contributed by atoms with Crippen LogP contribution in [0.2, 0.25) is 0 Å². The van der Waals surface area contributed by atoms with Crippen LogP contribution in [-0.2, 0) is 11.8 Å². The molecule has 1 aliphatic heterocycles. The summed E-state index contributed by atoms with van der Waals surface area (Å²) in [5.41, 5.74) is 1.59. The lowest BCUT2D eigenvalue weighted by Gasteiger charge is -2.26. The number of aromatic nitrogens is 1. The fourth-order valence-electron chi connectivity index (χ4n) is 2.53. The number of amides is 1. The lowest BCUT2D eigenvalue weighted by atomic mass is 10.2. The third-order valence-electron chi connectivity index (χ3n) is 3.87. The minimum absolute atomic E-state index is 0.165. The van der Waals surface area contributed by atoms with Gasteiger partial charge in [0.15, 0.2) is 5.58 Å². The van der Waals surface area contributed by atoms with Gasteiger partial charge in [0, 0.05) is 38.8 Å². The SMILES string of the molecule is Cn1c(=O)oc2cc(C(=O)NCCN3CCOCC3)ccc21. The fraction of sp³-hybridized carbons (Fsp3) is 0.467. The molecular weight excluding hydrogens is 286 g/mol. The standard InChI is InChI=1S/C15H19N3O4/c1-17-12-3-2-11(10-13(12)22-15(17)20)14(19)16-4-5-18-6-8-21-9-7-18/h2-3,10H,4-9H2,1H3,(H,16,19). The van der Waals surface area contributed by atoms with E-state index in [0.29, 0.717) is 23.2 Å². The number of carbonyl (C=O) groups is 1. The molecule has 1 N–H and O–H groups in total. The van der Waals surface area contributed by atoms with Gasteiger partial charge in [-0.05, 0) is 18.2 Å². The summed E-state index contributed by atoms with van der Waals surface area (Å²) in [7, 11) is 1.64. The number of fused-ring (bicyclic) bond motifs is 1. The van der Waals surface area contributed by atoms with Crippen LogP contribution < -0.4 is 11.1 Å². The Morgan fingerprint density at radius 2 is 2.09 bits per heavy atom. The predicted octanol–water partition coefficient (Wildman–Crippen LogP) is 0.194. The zero-order chi connectivity index (χ0) is 15.5. The van der Waals surface area contributed by atoms with Crippen molar-refractivity contribution in [2.45, 2.75) is 0 Å². The van der Waals surface area contributed by atoms with Gasteiger partial charge in [0.1, 0.15) is 0 Å². The highest BCUT2D eigenvalue weighted by Gasteiger charge is 2.13. The average Bonchev–Trinajstić information content (AvgIpc) is 2.82. The normalized spacial score (nSPS) is 16.0. The van der Waals surface area contributed by atoms with Crippen molar-refractivity contribution in [2.75, 3.05) is 39.4 Å². The molecule has 3 rings (SSSR count). The minimum Gasteiger partial charge on any atom is -0.408 e. The first kappa shape index (κ1) is 14.8. The molecule has 0 spiro atoms. The average molecular weight is 305 g/mol. The van der Waals surface area contributed by atoms with Crippen LogP contribution in [0.25, 0.3) is 11.1 Å². The van der Waals surface area contributed by atoms with Crippen molar-refractivity contribution in [3.8, 4) is 0 Å². The van der Waals surface area contributed by atoms with Crippen LogP contribution in [0.15, 0.2) is 27.4 Å². The Kier molecular flexibility index (Phi) is 4.26. The second kappa shape index (κ2) is 6.33. The number of oxazole rings is 1. The van der Waals surface area contributed by atoms with Gasteiger partial charge in [0.05, 0.1) is 18.7 Å². The summed E-state index contributed by atoms with van der Waals surface area (Å²) >= 11 is 0. The highest BCUT2D eigenvalue weighted by molar-refractivity contribution is 5.97. The van der Waals surface area contributed by atoms with E-state index in [2.05, 4.69) is 10.2 Å². The number of ether oxygens (including phenoxy) is 1. The van der Waals surface area contributed by atoms with Crippen molar-refractivity contribution in [3.05, 3.63) is 34.3 Å². The molecular formula is C15H19N3O4. The van der Waals surface area contributed by atoms with Crippen LogP contribution in [0.1, 0.15) is 10.4 Å². The number of aryl methyl sites for hydroxylation is 1. The first-order chi connectivity index (χ1) is 10.6. The van der Waals surface area contributed by atoms with Crippen LogP contribution in [0.5, 0.6) is 0 Å². The molecule has 7 nitrogen and oxygen atoms in total. The molecule has 1 aromatic heterocycles. The summed E-state index contributed by atoms with van der Waals surface area (Å²) in [5.74, 6) is -0.596. The smallest absolute Gasteiger partial charge is 0.408 e. The molecule has 0 saturated carbocycles. The van der Waals surface area contributed by atoms with Crippen molar-refractivity contribution in [1.82, 2.24) is 14.8 Å². The molecule has 1 saturated heterocycles. The molecule has 1 aromatic carbocycles. The summed E-state index contributed by atoms with van der Waals surface area (Å²) in [5, 5.41) is 2.88. The van der Waals surface area contributed by atoms with Gasteiger partial charge >= 0.3 is 5.76 Å². The Labute approximate surface area is 127 Å². The van der Waals surface area contributed by atoms with E-state index in [1.54, 1.807) is 25.2 Å². The number of nitrogens with zero attached hydrogens (tertiary/aromatic N) is 2. The largest absolute Gasteiger partial charge is 0.419 e. The Morgan fingerprint density at radius 3 is 2.86 bits per heavy atom. The first-order valence-corrected chi connectivity index (χ1v) is 7.33. The van der Waals surface area contributed by atoms with Crippen molar-refractivity contribution in [3.63, 3.8) is 0 Å². The number of morpholine rings is 1. The van der Waals surface area contributed by atoms with E-state index in [9.17, 15) is 9.59 Å². The van der Waals surface area contributed by atoms with E-state index >= 15 is 0 Å². The molecule has 7 heteroatoms. The summed E-state index contributed by atoms with van der Waals surface area (Å²) in [6.45, 7) is 4.68. The van der Waals surface area contributed by atoms with E-state index in [1.807, 2.05) is 0 Å². The Morgan fingerprint density at radius 1 is 1.32 bits per heavy atom. The summed E-state index contributed by atoms with van der Waals surface area (Å²) in [4.78, 5) is 25.8. The molecule has 0 atom stereocenters. The molecule has 0 aliphatic carbocycles. The minimum atomic E-state index is -0.431. The molecule has 118 valence electrons. The maximum absolute atomic E-state index is 12.1. The maximum Gasteiger partial charge on any atom is 0.419 e. The number of rotatable bonds is 4. The van der Waals surface area contributed by atoms with Gasteiger partial charge in [-0.25, -0.2) is 4.79 Å². The van der Waals surface area contributed by atoms with Gasteiger partial charge in [-0.3, -0.25) is 14.3 Å². The van der Waals surface area contributed by atoms with Gasteiger partial charge < -0.3 is 14.5 Å².